The lowest BCUT2D eigenvalue weighted by molar-refractivity contribution is -0.137. The summed E-state index contributed by atoms with van der Waals surface area (Å²) in [6.07, 6.45) is 11.1. The maximum Gasteiger partial charge on any atom is 0.325 e. The molecule has 2 heterocycles. The van der Waals surface area contributed by atoms with Gasteiger partial charge in [0.15, 0.2) is 0 Å². The highest BCUT2D eigenvalue weighted by Crippen LogP contribution is 2.35. The number of likely N-dealkylation sites (N-methyl/N-ethyl adjacent to an activating group) is 1. The van der Waals surface area contributed by atoms with Crippen LogP contribution in [0.3, 0.4) is 0 Å². The van der Waals surface area contributed by atoms with Crippen LogP contribution in [-0.2, 0) is 9.59 Å². The Morgan fingerprint density at radius 1 is 1.30 bits per heavy atom. The van der Waals surface area contributed by atoms with E-state index >= 15 is 0 Å². The standard InChI is InChI=1S/C21H31N5O4/c1-24(15-6-4-7-16(18(15)28)25-13-11-22-14-25)17(27)8-5-12-26-19(29)21(23-20(26)30)9-2-3-10-21/h11,13-16,18,28H,2-10,12H2,1H3,(H,23,30)/t15-,16-,18-/m1/s1. The maximum atomic E-state index is 12.8. The Hall–Kier alpha value is -2.42. The molecule has 0 aromatic carbocycles. The van der Waals surface area contributed by atoms with E-state index in [0.717, 1.165) is 32.1 Å². The molecular formula is C21H31N5O4. The Bertz CT molecular complexity index is 789. The molecule has 1 aliphatic heterocycles. The van der Waals surface area contributed by atoms with Crippen molar-refractivity contribution >= 4 is 17.8 Å². The van der Waals surface area contributed by atoms with E-state index < -0.39 is 11.6 Å². The summed E-state index contributed by atoms with van der Waals surface area (Å²) in [6.45, 7) is 0.247. The van der Waals surface area contributed by atoms with Crippen molar-refractivity contribution in [1.82, 2.24) is 24.7 Å². The molecule has 2 saturated carbocycles. The van der Waals surface area contributed by atoms with Gasteiger partial charge in [0.2, 0.25) is 5.91 Å². The van der Waals surface area contributed by atoms with Gasteiger partial charge in [0.25, 0.3) is 5.91 Å². The molecule has 0 radical (unpaired) electrons. The zero-order chi connectivity index (χ0) is 21.3. The number of amides is 4. The minimum Gasteiger partial charge on any atom is -0.389 e. The number of rotatable bonds is 6. The van der Waals surface area contributed by atoms with Crippen molar-refractivity contribution in [1.29, 1.82) is 0 Å². The lowest BCUT2D eigenvalue weighted by Crippen LogP contribution is -2.50. The Morgan fingerprint density at radius 2 is 2.07 bits per heavy atom. The number of carbonyl (C=O) groups excluding carboxylic acids is 3. The van der Waals surface area contributed by atoms with Gasteiger partial charge in [-0.05, 0) is 38.5 Å². The molecule has 3 fully saturated rings. The Kier molecular flexibility index (Phi) is 5.81. The average Bonchev–Trinajstić information content (AvgIpc) is 3.46. The number of hydrogen-bond donors (Lipinski definition) is 2. The zero-order valence-electron chi connectivity index (χ0n) is 17.5. The molecule has 0 unspecified atom stereocenters. The molecule has 4 amide bonds. The van der Waals surface area contributed by atoms with Crippen LogP contribution in [0.1, 0.15) is 63.8 Å². The predicted molar refractivity (Wildman–Crippen MR) is 108 cm³/mol. The van der Waals surface area contributed by atoms with E-state index in [1.165, 1.54) is 4.90 Å². The van der Waals surface area contributed by atoms with Crippen molar-refractivity contribution in [2.45, 2.75) is 81.5 Å². The second-order valence-corrected chi connectivity index (χ2v) is 8.85. The lowest BCUT2D eigenvalue weighted by atomic mass is 9.87. The third-order valence-electron chi connectivity index (χ3n) is 7.06. The van der Waals surface area contributed by atoms with Gasteiger partial charge in [-0.25, -0.2) is 9.78 Å². The van der Waals surface area contributed by atoms with Gasteiger partial charge in [-0.15, -0.1) is 0 Å². The first-order valence-corrected chi connectivity index (χ1v) is 11.0. The van der Waals surface area contributed by atoms with Crippen LogP contribution in [-0.4, -0.2) is 73.6 Å². The van der Waals surface area contributed by atoms with Gasteiger partial charge in [0, 0.05) is 32.4 Å². The summed E-state index contributed by atoms with van der Waals surface area (Å²) in [5, 5.41) is 13.7. The van der Waals surface area contributed by atoms with Crippen LogP contribution in [0.15, 0.2) is 18.7 Å². The third-order valence-corrected chi connectivity index (χ3v) is 7.06. The summed E-state index contributed by atoms with van der Waals surface area (Å²) >= 11 is 0. The van der Waals surface area contributed by atoms with E-state index in [-0.39, 0.29) is 42.9 Å². The summed E-state index contributed by atoms with van der Waals surface area (Å²) in [5.41, 5.74) is -0.702. The molecule has 3 atom stereocenters. The Labute approximate surface area is 176 Å². The Morgan fingerprint density at radius 3 is 2.77 bits per heavy atom. The fraction of sp³-hybridized carbons (Fsp3) is 0.714. The number of aliphatic hydroxyl groups excluding tert-OH is 1. The van der Waals surface area contributed by atoms with Gasteiger partial charge in [-0.1, -0.05) is 12.8 Å². The van der Waals surface area contributed by atoms with Crippen LogP contribution >= 0.6 is 0 Å². The van der Waals surface area contributed by atoms with Crippen molar-refractivity contribution in [2.24, 2.45) is 0 Å². The van der Waals surface area contributed by atoms with Crippen molar-refractivity contribution in [2.75, 3.05) is 13.6 Å². The highest BCUT2D eigenvalue weighted by atomic mass is 16.3. The van der Waals surface area contributed by atoms with E-state index in [0.29, 0.717) is 19.3 Å². The maximum absolute atomic E-state index is 12.8. The molecule has 2 aliphatic carbocycles. The largest absolute Gasteiger partial charge is 0.389 e. The number of aromatic nitrogens is 2. The molecule has 1 aromatic heterocycles. The van der Waals surface area contributed by atoms with Gasteiger partial charge < -0.3 is 19.9 Å². The van der Waals surface area contributed by atoms with Gasteiger partial charge in [0.05, 0.1) is 24.5 Å². The van der Waals surface area contributed by atoms with E-state index in [2.05, 4.69) is 10.3 Å². The molecule has 0 bridgehead atoms. The smallest absolute Gasteiger partial charge is 0.325 e. The average molecular weight is 418 g/mol. The summed E-state index contributed by atoms with van der Waals surface area (Å²) in [7, 11) is 1.73. The molecule has 2 N–H and O–H groups in total. The minimum absolute atomic E-state index is 0.0760. The molecule has 30 heavy (non-hydrogen) atoms. The summed E-state index contributed by atoms with van der Waals surface area (Å²) in [4.78, 5) is 44.7. The number of imide groups is 1. The van der Waals surface area contributed by atoms with Crippen molar-refractivity contribution in [3.63, 3.8) is 0 Å². The second kappa shape index (κ2) is 8.37. The normalized spacial score (nSPS) is 28.2. The third kappa shape index (κ3) is 3.71. The summed E-state index contributed by atoms with van der Waals surface area (Å²) < 4.78 is 1.91. The molecule has 9 heteroatoms. The van der Waals surface area contributed by atoms with E-state index in [1.807, 2.05) is 10.8 Å². The van der Waals surface area contributed by atoms with Crippen LogP contribution in [0.5, 0.6) is 0 Å². The number of aliphatic hydroxyl groups is 1. The highest BCUT2D eigenvalue weighted by molar-refractivity contribution is 6.07. The molecule has 4 rings (SSSR count). The van der Waals surface area contributed by atoms with Gasteiger partial charge >= 0.3 is 6.03 Å². The molecule has 1 spiro atoms. The monoisotopic (exact) mass is 417 g/mol. The minimum atomic E-state index is -0.702. The number of hydrogen-bond acceptors (Lipinski definition) is 5. The first-order chi connectivity index (χ1) is 14.4. The van der Waals surface area contributed by atoms with Crippen molar-refractivity contribution in [3.8, 4) is 0 Å². The fourth-order valence-corrected chi connectivity index (χ4v) is 5.29. The first kappa shape index (κ1) is 20.8. The second-order valence-electron chi connectivity index (χ2n) is 8.85. The first-order valence-electron chi connectivity index (χ1n) is 11.0. The van der Waals surface area contributed by atoms with E-state index in [4.69, 9.17) is 0 Å². The lowest BCUT2D eigenvalue weighted by Gasteiger charge is -2.40. The topological polar surface area (TPSA) is 108 Å². The number of urea groups is 1. The number of carbonyl (C=O) groups is 3. The molecule has 164 valence electrons. The molecular weight excluding hydrogens is 386 g/mol. The van der Waals surface area contributed by atoms with Crippen LogP contribution < -0.4 is 5.32 Å². The van der Waals surface area contributed by atoms with E-state index in [9.17, 15) is 19.5 Å². The number of nitrogens with zero attached hydrogens (tertiary/aromatic N) is 4. The molecule has 1 aromatic rings. The highest BCUT2D eigenvalue weighted by Gasteiger charge is 2.52. The number of nitrogens with one attached hydrogen (secondary N) is 1. The van der Waals surface area contributed by atoms with Crippen molar-refractivity contribution < 1.29 is 19.5 Å². The molecule has 9 nitrogen and oxygen atoms in total. The van der Waals surface area contributed by atoms with Crippen LogP contribution in [0, 0.1) is 0 Å². The van der Waals surface area contributed by atoms with E-state index in [1.54, 1.807) is 24.5 Å². The number of imidazole rings is 1. The van der Waals surface area contributed by atoms with Gasteiger partial charge in [-0.3, -0.25) is 14.5 Å². The molecule has 1 saturated heterocycles. The fourth-order valence-electron chi connectivity index (χ4n) is 5.29. The van der Waals surface area contributed by atoms with Crippen LogP contribution in [0.4, 0.5) is 4.79 Å². The summed E-state index contributed by atoms with van der Waals surface area (Å²) in [6, 6.07) is -0.680. The van der Waals surface area contributed by atoms with Gasteiger partial charge in [-0.2, -0.15) is 0 Å². The van der Waals surface area contributed by atoms with Crippen LogP contribution in [0.2, 0.25) is 0 Å². The SMILES string of the molecule is CN(C(=O)CCCN1C(=O)NC2(CCCC2)C1=O)[C@@H]1CCC[C@@H](n2ccnc2)[C@@H]1O. The quantitative estimate of drug-likeness (QED) is 0.681. The van der Waals surface area contributed by atoms with Gasteiger partial charge in [0.1, 0.15) is 5.54 Å². The van der Waals surface area contributed by atoms with Crippen LogP contribution in [0.25, 0.3) is 0 Å². The molecule has 3 aliphatic rings. The Balaban J connectivity index is 1.30. The predicted octanol–water partition coefficient (Wildman–Crippen LogP) is 1.44. The summed E-state index contributed by atoms with van der Waals surface area (Å²) in [5.74, 6) is -0.218. The zero-order valence-corrected chi connectivity index (χ0v) is 17.5. The van der Waals surface area contributed by atoms with Crippen molar-refractivity contribution in [3.05, 3.63) is 18.7 Å².